The van der Waals surface area contributed by atoms with Crippen LogP contribution in [0.5, 0.6) is 5.75 Å². The first-order valence-electron chi connectivity index (χ1n) is 6.17. The molecule has 0 heterocycles. The summed E-state index contributed by atoms with van der Waals surface area (Å²) in [5.41, 5.74) is 5.17. The Bertz CT molecular complexity index is 570. The molecule has 0 amide bonds. The molecule has 0 bridgehead atoms. The molecular weight excluding hydrogens is 384 g/mol. The van der Waals surface area contributed by atoms with Crippen LogP contribution in [0.1, 0.15) is 17.2 Å². The molecule has 2 rings (SSSR count). The van der Waals surface area contributed by atoms with E-state index in [2.05, 4.69) is 55.5 Å². The maximum absolute atomic E-state index is 5.71. The normalized spacial score (nSPS) is 12.2. The Kier molecular flexibility index (Phi) is 5.60. The number of nitrogens with two attached hydrogens (primary N) is 1. The molecule has 5 heteroatoms. The van der Waals surface area contributed by atoms with Gasteiger partial charge in [-0.3, -0.25) is 11.3 Å². The van der Waals surface area contributed by atoms with E-state index in [-0.39, 0.29) is 6.04 Å². The van der Waals surface area contributed by atoms with Crippen molar-refractivity contribution in [3.63, 3.8) is 0 Å². The van der Waals surface area contributed by atoms with Gasteiger partial charge in [0.1, 0.15) is 5.75 Å². The lowest BCUT2D eigenvalue weighted by Gasteiger charge is -2.17. The van der Waals surface area contributed by atoms with Crippen molar-refractivity contribution < 1.29 is 4.74 Å². The molecule has 1 atom stereocenters. The first-order valence-corrected chi connectivity index (χ1v) is 7.76. The number of hydrazine groups is 1. The Hall–Kier alpha value is -0.880. The summed E-state index contributed by atoms with van der Waals surface area (Å²) < 4.78 is 7.29. The van der Waals surface area contributed by atoms with Crippen LogP contribution in [0.15, 0.2) is 51.4 Å². The average molecular weight is 400 g/mol. The zero-order valence-corrected chi connectivity index (χ0v) is 14.2. The Morgan fingerprint density at radius 1 is 1.15 bits per heavy atom. The molecular formula is C15H16Br2N2O. The summed E-state index contributed by atoms with van der Waals surface area (Å²) in [6.07, 6.45) is 0.788. The second-order valence-corrected chi connectivity index (χ2v) is 6.31. The third-order valence-electron chi connectivity index (χ3n) is 3.06. The maximum atomic E-state index is 5.71. The average Bonchev–Trinajstić information content (AvgIpc) is 2.44. The zero-order valence-electron chi connectivity index (χ0n) is 11.1. The monoisotopic (exact) mass is 398 g/mol. The first kappa shape index (κ1) is 15.5. The van der Waals surface area contributed by atoms with Crippen molar-refractivity contribution in [1.29, 1.82) is 0 Å². The van der Waals surface area contributed by atoms with Crippen LogP contribution in [-0.2, 0) is 6.42 Å². The van der Waals surface area contributed by atoms with Crippen LogP contribution in [0.3, 0.4) is 0 Å². The Morgan fingerprint density at radius 3 is 2.45 bits per heavy atom. The van der Waals surface area contributed by atoms with Crippen LogP contribution >= 0.6 is 31.9 Å². The molecule has 0 aliphatic rings. The molecule has 3 nitrogen and oxygen atoms in total. The number of hydrogen-bond donors (Lipinski definition) is 2. The smallest absolute Gasteiger partial charge is 0.119 e. The summed E-state index contributed by atoms with van der Waals surface area (Å²) in [7, 11) is 1.67. The van der Waals surface area contributed by atoms with E-state index in [0.717, 1.165) is 26.7 Å². The number of halogens is 2. The van der Waals surface area contributed by atoms with E-state index in [9.17, 15) is 0 Å². The van der Waals surface area contributed by atoms with Gasteiger partial charge in [0.15, 0.2) is 0 Å². The fraction of sp³-hybridized carbons (Fsp3) is 0.200. The van der Waals surface area contributed by atoms with Crippen LogP contribution in [-0.4, -0.2) is 7.11 Å². The quantitative estimate of drug-likeness (QED) is 0.590. The molecule has 0 fully saturated rings. The molecule has 0 saturated carbocycles. The summed E-state index contributed by atoms with van der Waals surface area (Å²) in [4.78, 5) is 0. The Morgan fingerprint density at radius 2 is 1.85 bits per heavy atom. The molecule has 0 radical (unpaired) electrons. The second-order valence-electron chi connectivity index (χ2n) is 4.48. The minimum Gasteiger partial charge on any atom is -0.497 e. The van der Waals surface area contributed by atoms with Crippen molar-refractivity contribution in [3.05, 3.63) is 62.5 Å². The number of rotatable bonds is 5. The standard InChI is InChI=1S/C15H16Br2N2O/c1-20-14-4-2-3-10(5-14)6-15(19-18)11-7-12(16)9-13(17)8-11/h2-5,7-9,15,19H,6,18H2,1H3. The highest BCUT2D eigenvalue weighted by molar-refractivity contribution is 9.11. The summed E-state index contributed by atoms with van der Waals surface area (Å²) in [5.74, 6) is 6.57. The molecule has 3 N–H and O–H groups in total. The predicted octanol–water partition coefficient (Wildman–Crippen LogP) is 3.97. The molecule has 0 saturated heterocycles. The fourth-order valence-electron chi connectivity index (χ4n) is 2.08. The fourth-order valence-corrected chi connectivity index (χ4v) is 3.41. The molecule has 0 aliphatic heterocycles. The lowest BCUT2D eigenvalue weighted by molar-refractivity contribution is 0.414. The second kappa shape index (κ2) is 7.22. The number of nitrogens with one attached hydrogen (secondary N) is 1. The highest BCUT2D eigenvalue weighted by atomic mass is 79.9. The molecule has 1 unspecified atom stereocenters. The summed E-state index contributed by atoms with van der Waals surface area (Å²) in [6, 6.07) is 14.2. The third-order valence-corrected chi connectivity index (χ3v) is 3.98. The van der Waals surface area contributed by atoms with Gasteiger partial charge in [-0.2, -0.15) is 0 Å². The van der Waals surface area contributed by atoms with Gasteiger partial charge in [-0.1, -0.05) is 44.0 Å². The topological polar surface area (TPSA) is 47.3 Å². The van der Waals surface area contributed by atoms with Gasteiger partial charge in [-0.25, -0.2) is 0 Å². The van der Waals surface area contributed by atoms with Crippen LogP contribution in [0.25, 0.3) is 0 Å². The van der Waals surface area contributed by atoms with Crippen LogP contribution in [0, 0.1) is 0 Å². The van der Waals surface area contributed by atoms with Crippen molar-refractivity contribution in [3.8, 4) is 5.75 Å². The highest BCUT2D eigenvalue weighted by Crippen LogP contribution is 2.26. The van der Waals surface area contributed by atoms with E-state index < -0.39 is 0 Å². The van der Waals surface area contributed by atoms with Crippen LogP contribution < -0.4 is 16.0 Å². The SMILES string of the molecule is COc1cccc(CC(NN)c2cc(Br)cc(Br)c2)c1. The van der Waals surface area contributed by atoms with Crippen molar-refractivity contribution in [2.45, 2.75) is 12.5 Å². The number of ether oxygens (including phenoxy) is 1. The van der Waals surface area contributed by atoms with Gasteiger partial charge in [0.05, 0.1) is 13.2 Å². The summed E-state index contributed by atoms with van der Waals surface area (Å²) in [5, 5.41) is 0. The molecule has 2 aromatic rings. The molecule has 2 aromatic carbocycles. The van der Waals surface area contributed by atoms with Crippen molar-refractivity contribution >= 4 is 31.9 Å². The minimum absolute atomic E-state index is 0.0379. The molecule has 0 aliphatic carbocycles. The van der Waals surface area contributed by atoms with Crippen LogP contribution in [0.4, 0.5) is 0 Å². The van der Waals surface area contributed by atoms with Gasteiger partial charge in [0, 0.05) is 8.95 Å². The molecule has 0 aromatic heterocycles. The minimum atomic E-state index is 0.0379. The lowest BCUT2D eigenvalue weighted by atomic mass is 9.99. The Labute approximate surface area is 135 Å². The molecule has 20 heavy (non-hydrogen) atoms. The first-order chi connectivity index (χ1) is 9.62. The van der Waals surface area contributed by atoms with E-state index in [4.69, 9.17) is 10.6 Å². The third kappa shape index (κ3) is 4.06. The van der Waals surface area contributed by atoms with Gasteiger partial charge >= 0.3 is 0 Å². The van der Waals surface area contributed by atoms with Crippen LogP contribution in [0.2, 0.25) is 0 Å². The zero-order chi connectivity index (χ0) is 14.5. The number of benzene rings is 2. The van der Waals surface area contributed by atoms with E-state index in [0.29, 0.717) is 0 Å². The van der Waals surface area contributed by atoms with Crippen molar-refractivity contribution in [1.82, 2.24) is 5.43 Å². The van der Waals surface area contributed by atoms with E-state index in [1.807, 2.05) is 24.3 Å². The Balaban J connectivity index is 2.23. The van der Waals surface area contributed by atoms with Crippen molar-refractivity contribution in [2.24, 2.45) is 5.84 Å². The lowest BCUT2D eigenvalue weighted by Crippen LogP contribution is -2.29. The number of methoxy groups -OCH3 is 1. The van der Waals surface area contributed by atoms with Gasteiger partial charge in [-0.15, -0.1) is 0 Å². The van der Waals surface area contributed by atoms with E-state index >= 15 is 0 Å². The van der Waals surface area contributed by atoms with E-state index in [1.54, 1.807) is 7.11 Å². The largest absolute Gasteiger partial charge is 0.497 e. The summed E-state index contributed by atoms with van der Waals surface area (Å²) in [6.45, 7) is 0. The maximum Gasteiger partial charge on any atom is 0.119 e. The predicted molar refractivity (Wildman–Crippen MR) is 88.6 cm³/mol. The van der Waals surface area contributed by atoms with Crippen molar-refractivity contribution in [2.75, 3.05) is 7.11 Å². The highest BCUT2D eigenvalue weighted by Gasteiger charge is 2.12. The van der Waals surface area contributed by atoms with Gasteiger partial charge in [0.25, 0.3) is 0 Å². The number of hydrogen-bond acceptors (Lipinski definition) is 3. The van der Waals surface area contributed by atoms with Gasteiger partial charge in [-0.05, 0) is 47.9 Å². The molecule has 106 valence electrons. The van der Waals surface area contributed by atoms with Gasteiger partial charge < -0.3 is 4.74 Å². The molecule has 0 spiro atoms. The van der Waals surface area contributed by atoms with Gasteiger partial charge in [0.2, 0.25) is 0 Å². The summed E-state index contributed by atoms with van der Waals surface area (Å²) >= 11 is 7.00. The van der Waals surface area contributed by atoms with E-state index in [1.165, 1.54) is 5.56 Å².